The Balaban J connectivity index is 4.40. The van der Waals surface area contributed by atoms with Crippen molar-refractivity contribution in [3.8, 4) is 0 Å². The van der Waals surface area contributed by atoms with E-state index in [4.69, 9.17) is 5.11 Å². The van der Waals surface area contributed by atoms with Gasteiger partial charge < -0.3 is 15.3 Å². The van der Waals surface area contributed by atoms with Crippen molar-refractivity contribution in [1.29, 1.82) is 0 Å². The molecule has 2 amide bonds. The zero-order valence-electron chi connectivity index (χ0n) is 13.5. The molecule has 0 aliphatic heterocycles. The van der Waals surface area contributed by atoms with Crippen molar-refractivity contribution in [2.24, 2.45) is 5.41 Å². The van der Waals surface area contributed by atoms with E-state index in [1.54, 1.807) is 11.9 Å². The van der Waals surface area contributed by atoms with Gasteiger partial charge in [-0.25, -0.2) is 4.79 Å². The van der Waals surface area contributed by atoms with Crippen LogP contribution in [0.4, 0.5) is 4.79 Å². The third-order valence-electron chi connectivity index (χ3n) is 3.05. The van der Waals surface area contributed by atoms with Crippen molar-refractivity contribution in [1.82, 2.24) is 10.2 Å². The molecule has 0 rings (SSSR count). The lowest BCUT2D eigenvalue weighted by atomic mass is 9.87. The molecule has 0 aromatic carbocycles. The average Bonchev–Trinajstić information content (AvgIpc) is 2.25. The van der Waals surface area contributed by atoms with Gasteiger partial charge in [-0.15, -0.1) is 0 Å². The van der Waals surface area contributed by atoms with Gasteiger partial charge in [0.15, 0.2) is 0 Å². The molecule has 118 valence electrons. The lowest BCUT2D eigenvalue weighted by Gasteiger charge is -2.28. The number of nitrogens with one attached hydrogen (secondary N) is 1. The number of hydrogen-bond donors (Lipinski definition) is 2. The number of amides is 2. The topological polar surface area (TPSA) is 69.6 Å². The molecule has 0 aliphatic carbocycles. The van der Waals surface area contributed by atoms with Crippen molar-refractivity contribution in [3.63, 3.8) is 0 Å². The highest BCUT2D eigenvalue weighted by atomic mass is 16.4. The number of unbranched alkanes of at least 4 members (excludes halogenated alkanes) is 2. The lowest BCUT2D eigenvalue weighted by molar-refractivity contribution is -0.137. The Hall–Kier alpha value is -1.26. The number of carboxylic acids is 1. The maximum Gasteiger partial charge on any atom is 0.317 e. The molecule has 0 saturated heterocycles. The number of rotatable bonds is 8. The Kier molecular flexibility index (Phi) is 8.26. The van der Waals surface area contributed by atoms with Crippen LogP contribution >= 0.6 is 0 Å². The van der Waals surface area contributed by atoms with E-state index in [9.17, 15) is 9.59 Å². The predicted molar refractivity (Wildman–Crippen MR) is 80.8 cm³/mol. The maximum absolute atomic E-state index is 12.0. The summed E-state index contributed by atoms with van der Waals surface area (Å²) in [5.74, 6) is -0.881. The molecule has 1 atom stereocenters. The Morgan fingerprint density at radius 1 is 1.25 bits per heavy atom. The van der Waals surface area contributed by atoms with Gasteiger partial charge in [-0.05, 0) is 18.3 Å². The predicted octanol–water partition coefficient (Wildman–Crippen LogP) is 3.10. The van der Waals surface area contributed by atoms with Crippen molar-refractivity contribution in [2.45, 2.75) is 65.8 Å². The minimum Gasteiger partial charge on any atom is -0.481 e. The van der Waals surface area contributed by atoms with Crippen LogP contribution in [0.15, 0.2) is 0 Å². The number of aliphatic carboxylic acids is 1. The van der Waals surface area contributed by atoms with Crippen molar-refractivity contribution in [3.05, 3.63) is 0 Å². The van der Waals surface area contributed by atoms with Gasteiger partial charge in [0, 0.05) is 19.6 Å². The van der Waals surface area contributed by atoms with Crippen LogP contribution in [0.3, 0.4) is 0 Å². The van der Waals surface area contributed by atoms with Gasteiger partial charge in [0.25, 0.3) is 0 Å². The monoisotopic (exact) mass is 286 g/mol. The Labute approximate surface area is 122 Å². The van der Waals surface area contributed by atoms with Gasteiger partial charge in [-0.2, -0.15) is 0 Å². The third-order valence-corrected chi connectivity index (χ3v) is 3.05. The van der Waals surface area contributed by atoms with Crippen LogP contribution in [0.1, 0.15) is 59.8 Å². The smallest absolute Gasteiger partial charge is 0.317 e. The Morgan fingerprint density at radius 3 is 2.30 bits per heavy atom. The van der Waals surface area contributed by atoms with Crippen LogP contribution < -0.4 is 5.32 Å². The summed E-state index contributed by atoms with van der Waals surface area (Å²) < 4.78 is 0. The van der Waals surface area contributed by atoms with Crippen LogP contribution in [0.5, 0.6) is 0 Å². The molecule has 0 aromatic rings. The lowest BCUT2D eigenvalue weighted by Crippen LogP contribution is -2.45. The van der Waals surface area contributed by atoms with Crippen molar-refractivity contribution >= 4 is 12.0 Å². The molecule has 0 heterocycles. The fourth-order valence-electron chi connectivity index (χ4n) is 2.11. The van der Waals surface area contributed by atoms with Gasteiger partial charge in [-0.1, -0.05) is 40.5 Å². The molecular formula is C15H30N2O3. The van der Waals surface area contributed by atoms with E-state index in [1.807, 2.05) is 20.8 Å². The number of carboxylic acid groups (broad SMARTS) is 1. The Morgan fingerprint density at radius 2 is 1.85 bits per heavy atom. The maximum atomic E-state index is 12.0. The average molecular weight is 286 g/mol. The van der Waals surface area contributed by atoms with Gasteiger partial charge in [-0.3, -0.25) is 4.79 Å². The highest BCUT2D eigenvalue weighted by Gasteiger charge is 2.23. The van der Waals surface area contributed by atoms with E-state index in [0.717, 1.165) is 19.3 Å². The van der Waals surface area contributed by atoms with Gasteiger partial charge in [0.05, 0.1) is 6.42 Å². The normalized spacial score (nSPS) is 12.8. The highest BCUT2D eigenvalue weighted by Crippen LogP contribution is 2.22. The van der Waals surface area contributed by atoms with Crippen LogP contribution in [-0.2, 0) is 4.79 Å². The van der Waals surface area contributed by atoms with Crippen LogP contribution in [0, 0.1) is 5.41 Å². The van der Waals surface area contributed by atoms with E-state index < -0.39 is 5.97 Å². The van der Waals surface area contributed by atoms with Crippen LogP contribution in [0.25, 0.3) is 0 Å². The summed E-state index contributed by atoms with van der Waals surface area (Å²) in [6, 6.07) is -0.509. The summed E-state index contributed by atoms with van der Waals surface area (Å²) in [4.78, 5) is 24.6. The number of urea groups is 1. The molecule has 0 saturated carbocycles. The summed E-state index contributed by atoms with van der Waals surface area (Å²) in [7, 11) is 1.75. The molecule has 0 aromatic heterocycles. The first-order chi connectivity index (χ1) is 9.15. The zero-order chi connectivity index (χ0) is 15.8. The minimum absolute atomic E-state index is 0.0197. The standard InChI is InChI=1S/C15H30N2O3/c1-6-7-8-9-17(5)14(20)16-12(10-13(18)19)11-15(2,3)4/h12H,6-11H2,1-5H3,(H,16,20)(H,18,19). The summed E-state index contributed by atoms with van der Waals surface area (Å²) in [5, 5.41) is 11.8. The largest absolute Gasteiger partial charge is 0.481 e. The van der Waals surface area contributed by atoms with Crippen LogP contribution in [0.2, 0.25) is 0 Å². The molecule has 5 heteroatoms. The van der Waals surface area contributed by atoms with Crippen LogP contribution in [-0.4, -0.2) is 41.6 Å². The minimum atomic E-state index is -0.881. The summed E-state index contributed by atoms with van der Waals surface area (Å²) in [6.45, 7) is 8.94. The SMILES string of the molecule is CCCCCN(C)C(=O)NC(CC(=O)O)CC(C)(C)C. The first kappa shape index (κ1) is 18.7. The van der Waals surface area contributed by atoms with Gasteiger partial charge in [0.1, 0.15) is 0 Å². The number of carbonyl (C=O) groups excluding carboxylic acids is 1. The molecule has 0 bridgehead atoms. The van der Waals surface area contributed by atoms with E-state index >= 15 is 0 Å². The van der Waals surface area contributed by atoms with E-state index in [0.29, 0.717) is 13.0 Å². The van der Waals surface area contributed by atoms with Crippen molar-refractivity contribution < 1.29 is 14.7 Å². The second-order valence-corrected chi connectivity index (χ2v) is 6.64. The second-order valence-electron chi connectivity index (χ2n) is 6.64. The number of carbonyl (C=O) groups is 2. The molecule has 0 spiro atoms. The van der Waals surface area contributed by atoms with E-state index in [-0.39, 0.29) is 23.9 Å². The fourth-order valence-corrected chi connectivity index (χ4v) is 2.11. The third kappa shape index (κ3) is 9.64. The van der Waals surface area contributed by atoms with E-state index in [1.165, 1.54) is 0 Å². The molecule has 2 N–H and O–H groups in total. The number of hydrogen-bond acceptors (Lipinski definition) is 2. The van der Waals surface area contributed by atoms with Gasteiger partial charge in [0.2, 0.25) is 0 Å². The fraction of sp³-hybridized carbons (Fsp3) is 0.867. The molecule has 0 fully saturated rings. The molecule has 1 unspecified atom stereocenters. The van der Waals surface area contributed by atoms with E-state index in [2.05, 4.69) is 12.2 Å². The molecule has 5 nitrogen and oxygen atoms in total. The highest BCUT2D eigenvalue weighted by molar-refractivity contribution is 5.75. The molecule has 0 radical (unpaired) electrons. The molecule has 0 aliphatic rings. The first-order valence-electron chi connectivity index (χ1n) is 7.39. The molecule has 20 heavy (non-hydrogen) atoms. The molecular weight excluding hydrogens is 256 g/mol. The summed E-state index contributed by atoms with van der Waals surface area (Å²) in [6.07, 6.45) is 3.79. The Bertz CT molecular complexity index is 311. The van der Waals surface area contributed by atoms with Crippen molar-refractivity contribution in [2.75, 3.05) is 13.6 Å². The summed E-state index contributed by atoms with van der Waals surface area (Å²) in [5.41, 5.74) is -0.0197. The summed E-state index contributed by atoms with van der Waals surface area (Å²) >= 11 is 0. The van der Waals surface area contributed by atoms with Gasteiger partial charge >= 0.3 is 12.0 Å². The second kappa shape index (κ2) is 8.82. The number of nitrogens with zero attached hydrogens (tertiary/aromatic N) is 1. The zero-order valence-corrected chi connectivity index (χ0v) is 13.5. The quantitative estimate of drug-likeness (QED) is 0.674. The first-order valence-corrected chi connectivity index (χ1v) is 7.39.